The van der Waals surface area contributed by atoms with Gasteiger partial charge in [0.1, 0.15) is 0 Å². The van der Waals surface area contributed by atoms with E-state index < -0.39 is 0 Å². The molecule has 0 bridgehead atoms. The molecule has 0 aromatic rings. The Hall–Kier alpha value is 0.270. The van der Waals surface area contributed by atoms with Crippen LogP contribution in [0.4, 0.5) is 0 Å². The summed E-state index contributed by atoms with van der Waals surface area (Å²) in [5, 5.41) is 4.38. The molecule has 2 nitrogen and oxygen atoms in total. The van der Waals surface area contributed by atoms with Crippen molar-refractivity contribution < 1.29 is 4.74 Å². The second-order valence-corrected chi connectivity index (χ2v) is 6.21. The number of rotatable bonds is 5. The minimum Gasteiger partial charge on any atom is -0.383 e. The van der Waals surface area contributed by atoms with E-state index in [2.05, 4.69) is 24.0 Å². The highest BCUT2D eigenvalue weighted by molar-refractivity contribution is 8.00. The zero-order valence-corrected chi connectivity index (χ0v) is 10.0. The highest BCUT2D eigenvalue weighted by Crippen LogP contribution is 2.62. The minimum absolute atomic E-state index is 0.740. The molecule has 3 atom stereocenters. The first-order chi connectivity index (χ1) is 6.77. The van der Waals surface area contributed by atoms with Crippen LogP contribution < -0.4 is 5.32 Å². The van der Waals surface area contributed by atoms with Gasteiger partial charge in [0.15, 0.2) is 0 Å². The summed E-state index contributed by atoms with van der Waals surface area (Å²) in [6.45, 7) is 5.42. The van der Waals surface area contributed by atoms with Gasteiger partial charge in [-0.25, -0.2) is 0 Å². The molecule has 0 radical (unpaired) electrons. The summed E-state index contributed by atoms with van der Waals surface area (Å²) in [7, 11) is 1.76. The lowest BCUT2D eigenvalue weighted by Gasteiger charge is -2.08. The van der Waals surface area contributed by atoms with Gasteiger partial charge in [-0.05, 0) is 36.5 Å². The summed E-state index contributed by atoms with van der Waals surface area (Å²) in [5.41, 5.74) is 0.740. The van der Waals surface area contributed by atoms with Gasteiger partial charge in [-0.3, -0.25) is 0 Å². The van der Waals surface area contributed by atoms with Crippen LogP contribution in [0.25, 0.3) is 0 Å². The Morgan fingerprint density at radius 3 is 3.00 bits per heavy atom. The normalized spacial score (nSPS) is 40.7. The van der Waals surface area contributed by atoms with Crippen molar-refractivity contribution in [1.29, 1.82) is 0 Å². The first-order valence-electron chi connectivity index (χ1n) is 5.58. The van der Waals surface area contributed by atoms with Gasteiger partial charge in [-0.1, -0.05) is 6.92 Å². The maximum absolute atomic E-state index is 5.01. The molecule has 1 saturated heterocycles. The first-order valence-corrected chi connectivity index (χ1v) is 6.63. The van der Waals surface area contributed by atoms with Crippen LogP contribution in [0.15, 0.2) is 0 Å². The number of thioether (sulfide) groups is 1. The van der Waals surface area contributed by atoms with Gasteiger partial charge in [0, 0.05) is 18.9 Å². The van der Waals surface area contributed by atoms with Gasteiger partial charge in [0.2, 0.25) is 0 Å². The molecule has 0 aromatic heterocycles. The summed E-state index contributed by atoms with van der Waals surface area (Å²) >= 11 is 2.16. The Kier molecular flexibility index (Phi) is 3.40. The third-order valence-electron chi connectivity index (χ3n) is 3.58. The molecule has 3 heteroatoms. The fourth-order valence-electron chi connectivity index (χ4n) is 2.60. The van der Waals surface area contributed by atoms with E-state index in [1.165, 1.54) is 25.1 Å². The van der Waals surface area contributed by atoms with Crippen molar-refractivity contribution in [3.63, 3.8) is 0 Å². The standard InChI is InChI=1S/C11H21NOS/c1-9-5-11(8-14-9)6-10(11)7-12-3-4-13-2/h9-10,12H,3-8H2,1-2H3. The van der Waals surface area contributed by atoms with Crippen LogP contribution in [-0.4, -0.2) is 37.8 Å². The summed E-state index contributed by atoms with van der Waals surface area (Å²) in [6.07, 6.45) is 2.92. The number of methoxy groups -OCH3 is 1. The molecule has 1 saturated carbocycles. The molecule has 1 spiro atoms. The number of hydrogen-bond donors (Lipinski definition) is 1. The largest absolute Gasteiger partial charge is 0.383 e. The predicted octanol–water partition coefficient (Wildman–Crippen LogP) is 1.75. The third-order valence-corrected chi connectivity index (χ3v) is 5.06. The number of hydrogen-bond acceptors (Lipinski definition) is 3. The molecular weight excluding hydrogens is 194 g/mol. The van der Waals surface area contributed by atoms with Crippen molar-refractivity contribution in [3.8, 4) is 0 Å². The monoisotopic (exact) mass is 215 g/mol. The Morgan fingerprint density at radius 1 is 1.50 bits per heavy atom. The first kappa shape index (κ1) is 10.8. The molecule has 2 rings (SSSR count). The van der Waals surface area contributed by atoms with Crippen molar-refractivity contribution in [2.45, 2.75) is 25.0 Å². The lowest BCUT2D eigenvalue weighted by molar-refractivity contribution is 0.198. The highest BCUT2D eigenvalue weighted by atomic mass is 32.2. The van der Waals surface area contributed by atoms with E-state index in [4.69, 9.17) is 4.74 Å². The molecule has 2 aliphatic rings. The average molecular weight is 215 g/mol. The zero-order chi connectivity index (χ0) is 10.0. The van der Waals surface area contributed by atoms with Crippen molar-refractivity contribution >= 4 is 11.8 Å². The van der Waals surface area contributed by atoms with Gasteiger partial charge in [-0.2, -0.15) is 11.8 Å². The zero-order valence-electron chi connectivity index (χ0n) is 9.21. The molecular formula is C11H21NOS. The minimum atomic E-state index is 0.740. The quantitative estimate of drug-likeness (QED) is 0.706. The van der Waals surface area contributed by atoms with Crippen LogP contribution in [0.5, 0.6) is 0 Å². The van der Waals surface area contributed by atoms with E-state index >= 15 is 0 Å². The molecule has 1 aliphatic carbocycles. The van der Waals surface area contributed by atoms with Gasteiger partial charge in [-0.15, -0.1) is 0 Å². The summed E-state index contributed by atoms with van der Waals surface area (Å²) in [6, 6.07) is 0. The summed E-state index contributed by atoms with van der Waals surface area (Å²) < 4.78 is 5.01. The Labute approximate surface area is 91.2 Å². The molecule has 0 aromatic carbocycles. The van der Waals surface area contributed by atoms with Gasteiger partial charge < -0.3 is 10.1 Å². The molecule has 0 amide bonds. The molecule has 14 heavy (non-hydrogen) atoms. The highest BCUT2D eigenvalue weighted by Gasteiger charge is 2.56. The topological polar surface area (TPSA) is 21.3 Å². The van der Waals surface area contributed by atoms with E-state index in [0.717, 1.165) is 29.7 Å². The van der Waals surface area contributed by atoms with E-state index in [1.807, 2.05) is 0 Å². The number of nitrogens with one attached hydrogen (secondary N) is 1. The maximum atomic E-state index is 5.01. The van der Waals surface area contributed by atoms with Crippen LogP contribution in [0, 0.1) is 11.3 Å². The molecule has 2 fully saturated rings. The van der Waals surface area contributed by atoms with E-state index in [9.17, 15) is 0 Å². The molecule has 1 heterocycles. The van der Waals surface area contributed by atoms with Gasteiger partial charge in [0.25, 0.3) is 0 Å². The van der Waals surface area contributed by atoms with Crippen LogP contribution >= 0.6 is 11.8 Å². The van der Waals surface area contributed by atoms with E-state index in [1.54, 1.807) is 7.11 Å². The van der Waals surface area contributed by atoms with E-state index in [-0.39, 0.29) is 0 Å². The number of ether oxygens (including phenoxy) is 1. The van der Waals surface area contributed by atoms with Gasteiger partial charge >= 0.3 is 0 Å². The Bertz CT molecular complexity index is 200. The lowest BCUT2D eigenvalue weighted by atomic mass is 10.0. The summed E-state index contributed by atoms with van der Waals surface area (Å²) in [4.78, 5) is 0. The molecule has 1 aliphatic heterocycles. The van der Waals surface area contributed by atoms with Crippen molar-refractivity contribution in [2.24, 2.45) is 11.3 Å². The average Bonchev–Trinajstić information content (AvgIpc) is 2.69. The van der Waals surface area contributed by atoms with Crippen LogP contribution in [0.1, 0.15) is 19.8 Å². The fourth-order valence-corrected chi connectivity index (χ4v) is 4.13. The second kappa shape index (κ2) is 4.42. The van der Waals surface area contributed by atoms with Gasteiger partial charge in [0.05, 0.1) is 6.61 Å². The SMILES string of the molecule is COCCNCC1CC12CSC(C)C2. The Morgan fingerprint density at radius 2 is 2.36 bits per heavy atom. The van der Waals surface area contributed by atoms with Crippen molar-refractivity contribution in [2.75, 3.05) is 32.6 Å². The van der Waals surface area contributed by atoms with Crippen LogP contribution in [0.2, 0.25) is 0 Å². The smallest absolute Gasteiger partial charge is 0.0587 e. The Balaban J connectivity index is 1.62. The maximum Gasteiger partial charge on any atom is 0.0587 e. The second-order valence-electron chi connectivity index (χ2n) is 4.79. The molecule has 3 unspecified atom stereocenters. The van der Waals surface area contributed by atoms with Crippen LogP contribution in [0.3, 0.4) is 0 Å². The lowest BCUT2D eigenvalue weighted by Crippen LogP contribution is -2.23. The third kappa shape index (κ3) is 2.26. The van der Waals surface area contributed by atoms with Crippen LogP contribution in [-0.2, 0) is 4.74 Å². The molecule has 82 valence electrons. The summed E-state index contributed by atoms with van der Waals surface area (Å²) in [5.74, 6) is 2.36. The van der Waals surface area contributed by atoms with Crippen molar-refractivity contribution in [1.82, 2.24) is 5.32 Å². The molecule has 1 N–H and O–H groups in total. The van der Waals surface area contributed by atoms with E-state index in [0.29, 0.717) is 0 Å². The van der Waals surface area contributed by atoms with Crippen molar-refractivity contribution in [3.05, 3.63) is 0 Å². The fraction of sp³-hybridized carbons (Fsp3) is 1.00. The predicted molar refractivity (Wildman–Crippen MR) is 61.8 cm³/mol.